The van der Waals surface area contributed by atoms with Crippen molar-refractivity contribution < 1.29 is 9.53 Å². The first-order chi connectivity index (χ1) is 7.27. The molecule has 2 amide bonds. The van der Waals surface area contributed by atoms with Gasteiger partial charge in [0.1, 0.15) is 0 Å². The summed E-state index contributed by atoms with van der Waals surface area (Å²) in [6, 6.07) is 0.0748. The largest absolute Gasteiger partial charge is 0.378 e. The van der Waals surface area contributed by atoms with Crippen molar-refractivity contribution >= 4 is 6.03 Å². The Labute approximate surface area is 91.0 Å². The molecule has 0 radical (unpaired) electrons. The average Bonchev–Trinajstić information content (AvgIpc) is 3.10. The lowest BCUT2D eigenvalue weighted by Crippen LogP contribution is -2.47. The first-order valence-corrected chi connectivity index (χ1v) is 5.88. The molecule has 4 heteroatoms. The lowest BCUT2D eigenvalue weighted by Gasteiger charge is -2.27. The molecule has 1 aliphatic carbocycles. The number of nitrogens with one attached hydrogen (secondary N) is 1. The highest BCUT2D eigenvalue weighted by atomic mass is 16.5. The lowest BCUT2D eigenvalue weighted by molar-refractivity contribution is 0.0530. The van der Waals surface area contributed by atoms with E-state index in [9.17, 15) is 4.79 Å². The summed E-state index contributed by atoms with van der Waals surface area (Å²) in [6.07, 6.45) is 2.68. The van der Waals surface area contributed by atoms with Gasteiger partial charge in [0.05, 0.1) is 13.2 Å². The number of carbonyl (C=O) groups excluding carboxylic acids is 1. The molecule has 1 N–H and O–H groups in total. The van der Waals surface area contributed by atoms with Gasteiger partial charge in [0, 0.05) is 19.6 Å². The number of nitrogens with zero attached hydrogens (tertiary/aromatic N) is 1. The fraction of sp³-hybridized carbons (Fsp3) is 0.909. The summed E-state index contributed by atoms with van der Waals surface area (Å²) in [6.45, 7) is 5.84. The molecule has 1 saturated carbocycles. The van der Waals surface area contributed by atoms with E-state index in [-0.39, 0.29) is 6.03 Å². The highest BCUT2D eigenvalue weighted by molar-refractivity contribution is 5.74. The van der Waals surface area contributed by atoms with Gasteiger partial charge in [-0.15, -0.1) is 0 Å². The minimum absolute atomic E-state index is 0.0748. The van der Waals surface area contributed by atoms with Crippen LogP contribution in [-0.2, 0) is 4.74 Å². The van der Waals surface area contributed by atoms with Crippen molar-refractivity contribution in [3.05, 3.63) is 0 Å². The normalized spacial score (nSPS) is 23.7. The Morgan fingerprint density at radius 1 is 1.47 bits per heavy atom. The highest BCUT2D eigenvalue weighted by Crippen LogP contribution is 2.36. The van der Waals surface area contributed by atoms with Crippen LogP contribution in [0.15, 0.2) is 0 Å². The van der Waals surface area contributed by atoms with Crippen LogP contribution in [0.3, 0.4) is 0 Å². The van der Waals surface area contributed by atoms with E-state index < -0.39 is 0 Å². The molecule has 0 aromatic carbocycles. The second-order valence-electron chi connectivity index (χ2n) is 4.60. The number of ether oxygens (including phenoxy) is 1. The minimum atomic E-state index is 0.0748. The quantitative estimate of drug-likeness (QED) is 0.760. The summed E-state index contributed by atoms with van der Waals surface area (Å²) in [5, 5.41) is 3.00. The molecule has 2 fully saturated rings. The zero-order valence-electron chi connectivity index (χ0n) is 9.37. The van der Waals surface area contributed by atoms with Crippen LogP contribution in [0, 0.1) is 11.8 Å². The van der Waals surface area contributed by atoms with Gasteiger partial charge in [-0.05, 0) is 24.7 Å². The van der Waals surface area contributed by atoms with Crippen LogP contribution < -0.4 is 5.32 Å². The molecule has 86 valence electrons. The van der Waals surface area contributed by atoms with Crippen molar-refractivity contribution in [3.63, 3.8) is 0 Å². The maximum absolute atomic E-state index is 11.7. The molecule has 0 aromatic heterocycles. The molecule has 1 heterocycles. The van der Waals surface area contributed by atoms with Crippen molar-refractivity contribution in [2.75, 3.05) is 32.8 Å². The van der Waals surface area contributed by atoms with Crippen LogP contribution in [0.4, 0.5) is 4.79 Å². The van der Waals surface area contributed by atoms with Crippen molar-refractivity contribution in [1.29, 1.82) is 0 Å². The van der Waals surface area contributed by atoms with Gasteiger partial charge >= 0.3 is 6.03 Å². The fourth-order valence-electron chi connectivity index (χ4n) is 1.96. The summed E-state index contributed by atoms with van der Waals surface area (Å²) < 4.78 is 5.20. The topological polar surface area (TPSA) is 41.6 Å². The summed E-state index contributed by atoms with van der Waals surface area (Å²) >= 11 is 0. The molecule has 15 heavy (non-hydrogen) atoms. The Hall–Kier alpha value is -0.770. The van der Waals surface area contributed by atoms with Gasteiger partial charge in [0.15, 0.2) is 0 Å². The average molecular weight is 212 g/mol. The zero-order valence-corrected chi connectivity index (χ0v) is 9.37. The summed E-state index contributed by atoms with van der Waals surface area (Å²) in [5.74, 6) is 1.49. The molecule has 1 saturated heterocycles. The third kappa shape index (κ3) is 3.09. The van der Waals surface area contributed by atoms with Crippen LogP contribution in [0.25, 0.3) is 0 Å². The molecule has 1 aliphatic heterocycles. The van der Waals surface area contributed by atoms with E-state index >= 15 is 0 Å². The van der Waals surface area contributed by atoms with Crippen LogP contribution in [-0.4, -0.2) is 43.8 Å². The zero-order chi connectivity index (χ0) is 10.7. The number of hydrogen-bond acceptors (Lipinski definition) is 2. The van der Waals surface area contributed by atoms with E-state index in [0.717, 1.165) is 25.6 Å². The third-order valence-electron chi connectivity index (χ3n) is 3.30. The number of urea groups is 1. The van der Waals surface area contributed by atoms with E-state index in [2.05, 4.69) is 12.2 Å². The van der Waals surface area contributed by atoms with Gasteiger partial charge in [-0.2, -0.15) is 0 Å². The number of hydrogen-bond donors (Lipinski definition) is 1. The molecule has 4 nitrogen and oxygen atoms in total. The predicted molar refractivity (Wildman–Crippen MR) is 57.7 cm³/mol. The molecule has 0 spiro atoms. The Balaban J connectivity index is 1.66. The van der Waals surface area contributed by atoms with Crippen LogP contribution in [0.2, 0.25) is 0 Å². The van der Waals surface area contributed by atoms with Gasteiger partial charge in [-0.1, -0.05) is 6.92 Å². The number of rotatable bonds is 3. The van der Waals surface area contributed by atoms with E-state index in [0.29, 0.717) is 19.1 Å². The SMILES string of the molecule is CC(CNC(=O)N1CCOCC1)C1CC1. The highest BCUT2D eigenvalue weighted by Gasteiger charge is 2.28. The van der Waals surface area contributed by atoms with Crippen molar-refractivity contribution in [2.45, 2.75) is 19.8 Å². The summed E-state index contributed by atoms with van der Waals surface area (Å²) in [7, 11) is 0. The first kappa shape index (κ1) is 10.7. The third-order valence-corrected chi connectivity index (χ3v) is 3.30. The van der Waals surface area contributed by atoms with Gasteiger partial charge in [-0.3, -0.25) is 0 Å². The Bertz CT molecular complexity index is 223. The van der Waals surface area contributed by atoms with Crippen LogP contribution in [0.5, 0.6) is 0 Å². The molecular formula is C11H20N2O2. The number of morpholine rings is 1. The summed E-state index contributed by atoms with van der Waals surface area (Å²) in [5.41, 5.74) is 0. The van der Waals surface area contributed by atoms with E-state index in [1.807, 2.05) is 4.90 Å². The van der Waals surface area contributed by atoms with Crippen molar-refractivity contribution in [2.24, 2.45) is 11.8 Å². The number of carbonyl (C=O) groups is 1. The monoisotopic (exact) mass is 212 g/mol. The minimum Gasteiger partial charge on any atom is -0.378 e. The molecule has 2 aliphatic rings. The van der Waals surface area contributed by atoms with E-state index in [4.69, 9.17) is 4.74 Å². The molecule has 0 aromatic rings. The first-order valence-electron chi connectivity index (χ1n) is 5.88. The summed E-state index contributed by atoms with van der Waals surface area (Å²) in [4.78, 5) is 13.5. The number of amides is 2. The second kappa shape index (κ2) is 4.84. The molecular weight excluding hydrogens is 192 g/mol. The van der Waals surface area contributed by atoms with Gasteiger partial charge in [-0.25, -0.2) is 4.79 Å². The maximum atomic E-state index is 11.7. The van der Waals surface area contributed by atoms with Crippen molar-refractivity contribution in [3.8, 4) is 0 Å². The molecule has 0 bridgehead atoms. The second-order valence-corrected chi connectivity index (χ2v) is 4.60. The Morgan fingerprint density at radius 3 is 2.73 bits per heavy atom. The van der Waals surface area contributed by atoms with Crippen LogP contribution in [0.1, 0.15) is 19.8 Å². The maximum Gasteiger partial charge on any atom is 0.317 e. The fourth-order valence-corrected chi connectivity index (χ4v) is 1.96. The van der Waals surface area contributed by atoms with Gasteiger partial charge < -0.3 is 15.0 Å². The molecule has 1 unspecified atom stereocenters. The molecule has 1 atom stereocenters. The molecule has 2 rings (SSSR count). The van der Waals surface area contributed by atoms with Gasteiger partial charge in [0.25, 0.3) is 0 Å². The van der Waals surface area contributed by atoms with E-state index in [1.54, 1.807) is 0 Å². The lowest BCUT2D eigenvalue weighted by atomic mass is 10.1. The smallest absolute Gasteiger partial charge is 0.317 e. The predicted octanol–water partition coefficient (Wildman–Crippen LogP) is 1.07. The standard InChI is InChI=1S/C11H20N2O2/c1-9(10-2-3-10)8-12-11(14)13-4-6-15-7-5-13/h9-10H,2-8H2,1H3,(H,12,14). The Morgan fingerprint density at radius 2 is 2.13 bits per heavy atom. The van der Waals surface area contributed by atoms with Crippen LogP contribution >= 0.6 is 0 Å². The van der Waals surface area contributed by atoms with Gasteiger partial charge in [0.2, 0.25) is 0 Å². The Kier molecular flexibility index (Phi) is 3.46. The van der Waals surface area contributed by atoms with E-state index in [1.165, 1.54) is 12.8 Å². The van der Waals surface area contributed by atoms with Crippen molar-refractivity contribution in [1.82, 2.24) is 10.2 Å².